The van der Waals surface area contributed by atoms with Gasteiger partial charge in [0.25, 0.3) is 5.91 Å². The van der Waals surface area contributed by atoms with Crippen LogP contribution in [0.2, 0.25) is 0 Å². The third kappa shape index (κ3) is 4.76. The van der Waals surface area contributed by atoms with Gasteiger partial charge in [0.2, 0.25) is 0 Å². The maximum atomic E-state index is 12.4. The van der Waals surface area contributed by atoms with Crippen LogP contribution >= 0.6 is 11.8 Å². The van der Waals surface area contributed by atoms with Crippen LogP contribution in [0.15, 0.2) is 47.4 Å². The molecule has 0 bridgehead atoms. The number of para-hydroxylation sites is 1. The van der Waals surface area contributed by atoms with Gasteiger partial charge in [0.1, 0.15) is 5.75 Å². The lowest BCUT2D eigenvalue weighted by Crippen LogP contribution is -2.30. The second kappa shape index (κ2) is 8.06. The van der Waals surface area contributed by atoms with E-state index in [1.807, 2.05) is 56.3 Å². The van der Waals surface area contributed by atoms with Crippen LogP contribution in [0.1, 0.15) is 25.0 Å². The number of carbonyl (C=O) groups excluding carboxylic acids is 1. The van der Waals surface area contributed by atoms with Gasteiger partial charge in [-0.25, -0.2) is 0 Å². The number of benzene rings is 2. The molecule has 2 rings (SSSR count). The first-order valence-electron chi connectivity index (χ1n) is 7.78. The highest BCUT2D eigenvalue weighted by Gasteiger charge is 2.17. The summed E-state index contributed by atoms with van der Waals surface area (Å²) in [6.45, 7) is 7.85. The summed E-state index contributed by atoms with van der Waals surface area (Å²) in [5.41, 5.74) is 2.97. The zero-order valence-corrected chi connectivity index (χ0v) is 14.9. The summed E-state index contributed by atoms with van der Waals surface area (Å²) in [7, 11) is 0. The highest BCUT2D eigenvalue weighted by Crippen LogP contribution is 2.27. The Bertz CT molecular complexity index is 685. The predicted octanol–water partition coefficient (Wildman–Crippen LogP) is 4.82. The van der Waals surface area contributed by atoms with Crippen LogP contribution in [0.25, 0.3) is 0 Å². The average molecular weight is 329 g/mol. The molecule has 0 aliphatic heterocycles. The van der Waals surface area contributed by atoms with E-state index in [9.17, 15) is 4.79 Å². The molecular weight excluding hydrogens is 306 g/mol. The van der Waals surface area contributed by atoms with Gasteiger partial charge in [-0.3, -0.25) is 4.79 Å². The zero-order chi connectivity index (χ0) is 16.8. The number of thioether (sulfide) groups is 1. The minimum Gasteiger partial charge on any atom is -0.481 e. The van der Waals surface area contributed by atoms with Crippen LogP contribution in [0.4, 0.5) is 5.69 Å². The molecule has 1 amide bonds. The first-order valence-corrected chi connectivity index (χ1v) is 8.76. The van der Waals surface area contributed by atoms with E-state index in [4.69, 9.17) is 4.74 Å². The first kappa shape index (κ1) is 17.4. The molecule has 0 saturated carbocycles. The summed E-state index contributed by atoms with van der Waals surface area (Å²) in [6.07, 6.45) is -0.560. The third-order valence-corrected chi connectivity index (χ3v) is 4.42. The summed E-state index contributed by atoms with van der Waals surface area (Å²) in [5, 5.41) is 2.96. The van der Waals surface area contributed by atoms with Crippen LogP contribution < -0.4 is 10.1 Å². The molecule has 3 nitrogen and oxygen atoms in total. The van der Waals surface area contributed by atoms with E-state index in [1.165, 1.54) is 0 Å². The Kier molecular flexibility index (Phi) is 6.11. The van der Waals surface area contributed by atoms with Gasteiger partial charge in [-0.1, -0.05) is 31.2 Å². The van der Waals surface area contributed by atoms with Crippen LogP contribution in [-0.4, -0.2) is 17.8 Å². The van der Waals surface area contributed by atoms with Crippen molar-refractivity contribution < 1.29 is 9.53 Å². The molecule has 4 heteroatoms. The number of amides is 1. The fourth-order valence-electron chi connectivity index (χ4n) is 2.16. The molecule has 0 aliphatic rings. The quantitative estimate of drug-likeness (QED) is 0.772. The van der Waals surface area contributed by atoms with E-state index < -0.39 is 6.10 Å². The molecule has 1 N–H and O–H groups in total. The van der Waals surface area contributed by atoms with Crippen LogP contribution in [0.3, 0.4) is 0 Å². The van der Waals surface area contributed by atoms with Gasteiger partial charge in [-0.2, -0.15) is 0 Å². The number of anilines is 1. The molecule has 2 aromatic carbocycles. The van der Waals surface area contributed by atoms with Gasteiger partial charge < -0.3 is 10.1 Å². The third-order valence-electron chi connectivity index (χ3n) is 3.46. The van der Waals surface area contributed by atoms with Crippen LogP contribution in [-0.2, 0) is 4.79 Å². The van der Waals surface area contributed by atoms with Crippen molar-refractivity contribution in [3.05, 3.63) is 53.6 Å². The number of hydrogen-bond acceptors (Lipinski definition) is 3. The summed E-state index contributed by atoms with van der Waals surface area (Å²) < 4.78 is 5.84. The predicted molar refractivity (Wildman–Crippen MR) is 97.5 cm³/mol. The normalized spacial score (nSPS) is 11.8. The second-order valence-electron chi connectivity index (χ2n) is 5.45. The molecule has 1 unspecified atom stereocenters. The number of hydrogen-bond donors (Lipinski definition) is 1. The average Bonchev–Trinajstić information content (AvgIpc) is 2.53. The molecule has 0 saturated heterocycles. The molecule has 0 aliphatic carbocycles. The van der Waals surface area contributed by atoms with Crippen molar-refractivity contribution in [1.82, 2.24) is 0 Å². The van der Waals surface area contributed by atoms with Crippen molar-refractivity contribution in [2.45, 2.75) is 38.7 Å². The van der Waals surface area contributed by atoms with Gasteiger partial charge in [0, 0.05) is 4.90 Å². The Morgan fingerprint density at radius 3 is 2.70 bits per heavy atom. The lowest BCUT2D eigenvalue weighted by atomic mass is 10.1. The van der Waals surface area contributed by atoms with Crippen molar-refractivity contribution >= 4 is 23.4 Å². The van der Waals surface area contributed by atoms with Crippen molar-refractivity contribution in [3.8, 4) is 5.75 Å². The van der Waals surface area contributed by atoms with E-state index in [0.717, 1.165) is 33.2 Å². The van der Waals surface area contributed by atoms with Gasteiger partial charge in [-0.05, 0) is 55.9 Å². The Labute approximate surface area is 142 Å². The molecule has 0 aromatic heterocycles. The Morgan fingerprint density at radius 1 is 1.22 bits per heavy atom. The summed E-state index contributed by atoms with van der Waals surface area (Å²) in [4.78, 5) is 13.5. The molecule has 0 radical (unpaired) electrons. The monoisotopic (exact) mass is 329 g/mol. The molecule has 0 fully saturated rings. The van der Waals surface area contributed by atoms with Crippen LogP contribution in [0, 0.1) is 13.8 Å². The smallest absolute Gasteiger partial charge is 0.265 e. The van der Waals surface area contributed by atoms with Gasteiger partial charge in [0.15, 0.2) is 6.10 Å². The topological polar surface area (TPSA) is 38.3 Å². The van der Waals surface area contributed by atoms with E-state index in [1.54, 1.807) is 18.7 Å². The molecule has 122 valence electrons. The first-order chi connectivity index (χ1) is 11.0. The highest BCUT2D eigenvalue weighted by molar-refractivity contribution is 7.99. The highest BCUT2D eigenvalue weighted by atomic mass is 32.2. The van der Waals surface area contributed by atoms with Crippen molar-refractivity contribution in [1.29, 1.82) is 0 Å². The molecule has 1 atom stereocenters. The zero-order valence-electron chi connectivity index (χ0n) is 14.1. The van der Waals surface area contributed by atoms with E-state index in [-0.39, 0.29) is 5.91 Å². The lowest BCUT2D eigenvalue weighted by molar-refractivity contribution is -0.122. The number of carbonyl (C=O) groups is 1. The summed E-state index contributed by atoms with van der Waals surface area (Å²) in [5.74, 6) is 1.57. The molecule has 0 heterocycles. The summed E-state index contributed by atoms with van der Waals surface area (Å²) >= 11 is 1.71. The largest absolute Gasteiger partial charge is 0.481 e. The number of aryl methyl sites for hydroxylation is 2. The van der Waals surface area contributed by atoms with Gasteiger partial charge in [0.05, 0.1) is 5.69 Å². The molecule has 23 heavy (non-hydrogen) atoms. The number of rotatable bonds is 6. The van der Waals surface area contributed by atoms with E-state index in [0.29, 0.717) is 0 Å². The Balaban J connectivity index is 2.07. The van der Waals surface area contributed by atoms with Crippen LogP contribution in [0.5, 0.6) is 5.75 Å². The Hall–Kier alpha value is -1.94. The molecular formula is C19H23NO2S. The minimum atomic E-state index is -0.560. The second-order valence-corrected chi connectivity index (χ2v) is 6.75. The van der Waals surface area contributed by atoms with E-state index in [2.05, 4.69) is 12.2 Å². The molecule has 2 aromatic rings. The van der Waals surface area contributed by atoms with Crippen molar-refractivity contribution in [2.24, 2.45) is 0 Å². The maximum absolute atomic E-state index is 12.4. The van der Waals surface area contributed by atoms with Crippen molar-refractivity contribution in [3.63, 3.8) is 0 Å². The lowest BCUT2D eigenvalue weighted by Gasteiger charge is -2.17. The summed E-state index contributed by atoms with van der Waals surface area (Å²) in [6, 6.07) is 13.8. The minimum absolute atomic E-state index is 0.143. The fraction of sp³-hybridized carbons (Fsp3) is 0.316. The maximum Gasteiger partial charge on any atom is 0.265 e. The standard InChI is InChI=1S/C19H23NO2S/c1-5-23-18-9-7-6-8-16(18)20-19(21)15(4)22-17-12-13(2)10-11-14(17)3/h6-12,15H,5H2,1-4H3,(H,20,21). The van der Waals surface area contributed by atoms with Crippen molar-refractivity contribution in [2.75, 3.05) is 11.1 Å². The van der Waals surface area contributed by atoms with Gasteiger partial charge in [-0.15, -0.1) is 11.8 Å². The van der Waals surface area contributed by atoms with E-state index >= 15 is 0 Å². The SMILES string of the molecule is CCSc1ccccc1NC(=O)C(C)Oc1cc(C)ccc1C. The number of nitrogens with one attached hydrogen (secondary N) is 1. The van der Waals surface area contributed by atoms with Gasteiger partial charge >= 0.3 is 0 Å². The Morgan fingerprint density at radius 2 is 1.96 bits per heavy atom. The fourth-order valence-corrected chi connectivity index (χ4v) is 2.92. The number of ether oxygens (including phenoxy) is 1. The molecule has 0 spiro atoms.